The van der Waals surface area contributed by atoms with Crippen LogP contribution >= 0.6 is 0 Å². The number of hydrogen-bond donors (Lipinski definition) is 13. The van der Waals surface area contributed by atoms with Gasteiger partial charge in [-0.1, -0.05) is 60.1 Å². The van der Waals surface area contributed by atoms with E-state index in [0.29, 0.717) is 25.7 Å². The number of rotatable bonds is 11. The van der Waals surface area contributed by atoms with E-state index in [1.54, 1.807) is 0 Å². The van der Waals surface area contributed by atoms with Gasteiger partial charge >= 0.3 is 5.97 Å². The minimum atomic E-state index is -1.86. The van der Waals surface area contributed by atoms with E-state index in [1.807, 2.05) is 0 Å². The van der Waals surface area contributed by atoms with Crippen molar-refractivity contribution in [3.05, 3.63) is 11.6 Å². The lowest BCUT2D eigenvalue weighted by Gasteiger charge is -2.71. The molecule has 4 aliphatic heterocycles. The van der Waals surface area contributed by atoms with E-state index in [0.717, 1.165) is 38.5 Å². The van der Waals surface area contributed by atoms with Crippen LogP contribution in [-0.4, -0.2) is 222 Å². The lowest BCUT2D eigenvalue weighted by Crippen LogP contribution is -2.67. The molecule has 8 fully saturated rings. The van der Waals surface area contributed by atoms with E-state index in [2.05, 4.69) is 54.5 Å². The quantitative estimate of drug-likeness (QED) is 0.0643. The van der Waals surface area contributed by atoms with Gasteiger partial charge in [-0.05, 0) is 109 Å². The molecule has 75 heavy (non-hydrogen) atoms. The second-order valence-corrected chi connectivity index (χ2v) is 25.8. The Labute approximate surface area is 437 Å². The van der Waals surface area contributed by atoms with Gasteiger partial charge in [-0.2, -0.15) is 0 Å². The molecule has 9 aliphatic rings. The van der Waals surface area contributed by atoms with E-state index in [4.69, 9.17) is 37.9 Å². The molecule has 0 aromatic carbocycles. The van der Waals surface area contributed by atoms with Crippen LogP contribution < -0.4 is 0 Å². The number of aliphatic hydroxyl groups excluding tert-OH is 13. The first-order valence-corrected chi connectivity index (χ1v) is 27.2. The van der Waals surface area contributed by atoms with E-state index in [-0.39, 0.29) is 39.4 Å². The number of hydrogen-bond acceptors (Lipinski definition) is 22. The molecule has 13 N–H and O–H groups in total. The number of fused-ring (bicyclic) bond motifs is 7. The van der Waals surface area contributed by atoms with Crippen LogP contribution in [-0.2, 0) is 42.7 Å². The van der Waals surface area contributed by atoms with Gasteiger partial charge in [-0.15, -0.1) is 0 Å². The molecule has 4 saturated heterocycles. The van der Waals surface area contributed by atoms with Crippen LogP contribution in [0.5, 0.6) is 0 Å². The van der Waals surface area contributed by atoms with Gasteiger partial charge in [0.15, 0.2) is 18.9 Å². The summed E-state index contributed by atoms with van der Waals surface area (Å²) in [7, 11) is 0. The van der Waals surface area contributed by atoms with E-state index in [9.17, 15) is 71.2 Å². The van der Waals surface area contributed by atoms with E-state index < -0.39 is 166 Å². The molecule has 22 nitrogen and oxygen atoms in total. The van der Waals surface area contributed by atoms with Crippen LogP contribution in [0.3, 0.4) is 0 Å². The molecule has 0 aromatic rings. The molecule has 0 aromatic heterocycles. The van der Waals surface area contributed by atoms with Crippen molar-refractivity contribution >= 4 is 5.97 Å². The topological polar surface area (TPSA) is 354 Å². The van der Waals surface area contributed by atoms with Crippen molar-refractivity contribution in [3.8, 4) is 0 Å². The van der Waals surface area contributed by atoms with Crippen LogP contribution in [0.2, 0.25) is 0 Å². The van der Waals surface area contributed by atoms with Gasteiger partial charge < -0.3 is 104 Å². The molecule has 0 radical (unpaired) electrons. The van der Waals surface area contributed by atoms with E-state index >= 15 is 0 Å². The Bertz CT molecular complexity index is 2060. The third kappa shape index (κ3) is 9.50. The summed E-state index contributed by atoms with van der Waals surface area (Å²) in [6.07, 6.45) is -21.8. The molecule has 0 amide bonds. The Morgan fingerprint density at radius 3 is 1.83 bits per heavy atom. The molecule has 22 heteroatoms. The van der Waals surface area contributed by atoms with Crippen LogP contribution in [0.4, 0.5) is 0 Å². The normalized spacial score (nSPS) is 53.5. The van der Waals surface area contributed by atoms with Crippen molar-refractivity contribution in [1.29, 1.82) is 0 Å². The molecule has 5 aliphatic carbocycles. The Hall–Kier alpha value is -1.59. The summed E-state index contributed by atoms with van der Waals surface area (Å²) in [5.74, 6) is -0.337. The van der Waals surface area contributed by atoms with Gasteiger partial charge in [0, 0.05) is 0 Å². The second-order valence-electron chi connectivity index (χ2n) is 25.8. The van der Waals surface area contributed by atoms with Crippen molar-refractivity contribution in [2.45, 2.75) is 235 Å². The van der Waals surface area contributed by atoms with Crippen LogP contribution in [0, 0.1) is 50.2 Å². The van der Waals surface area contributed by atoms with Crippen molar-refractivity contribution in [2.24, 2.45) is 50.2 Å². The van der Waals surface area contributed by atoms with Gasteiger partial charge in [0.1, 0.15) is 91.6 Å². The summed E-state index contributed by atoms with van der Waals surface area (Å²) >= 11 is 0. The van der Waals surface area contributed by atoms with Crippen LogP contribution in [0.25, 0.3) is 0 Å². The minimum Gasteiger partial charge on any atom is -0.432 e. The highest BCUT2D eigenvalue weighted by molar-refractivity contribution is 5.79. The minimum absolute atomic E-state index is 0.0845. The predicted octanol–water partition coefficient (Wildman–Crippen LogP) is -1.40. The predicted molar refractivity (Wildman–Crippen MR) is 257 cm³/mol. The molecular formula is C53H86O22. The molecular weight excluding hydrogens is 989 g/mol. The van der Waals surface area contributed by atoms with Gasteiger partial charge in [-0.3, -0.25) is 4.79 Å². The highest BCUT2D eigenvalue weighted by atomic mass is 16.8. The van der Waals surface area contributed by atoms with Crippen LogP contribution in [0.1, 0.15) is 113 Å². The fourth-order valence-corrected chi connectivity index (χ4v) is 16.2. The summed E-state index contributed by atoms with van der Waals surface area (Å²) in [6.45, 7) is 13.4. The molecule has 430 valence electrons. The number of esters is 1. The van der Waals surface area contributed by atoms with Gasteiger partial charge in [0.25, 0.3) is 0 Å². The van der Waals surface area contributed by atoms with Crippen molar-refractivity contribution in [2.75, 3.05) is 26.4 Å². The second kappa shape index (κ2) is 21.1. The smallest absolute Gasteiger partial charge is 0.315 e. The van der Waals surface area contributed by atoms with Crippen molar-refractivity contribution in [1.82, 2.24) is 0 Å². The molecule has 4 saturated carbocycles. The van der Waals surface area contributed by atoms with Crippen molar-refractivity contribution < 1.29 is 109 Å². The number of aliphatic hydroxyl groups is 13. The maximum Gasteiger partial charge on any atom is 0.315 e. The Kier molecular flexibility index (Phi) is 16.3. The summed E-state index contributed by atoms with van der Waals surface area (Å²) in [4.78, 5) is 14.7. The maximum atomic E-state index is 14.7. The van der Waals surface area contributed by atoms with Gasteiger partial charge in [0.05, 0.1) is 37.9 Å². The third-order valence-corrected chi connectivity index (χ3v) is 21.0. The highest BCUT2D eigenvalue weighted by Crippen LogP contribution is 2.76. The molecule has 9 rings (SSSR count). The summed E-state index contributed by atoms with van der Waals surface area (Å²) in [5, 5.41) is 139. The zero-order valence-corrected chi connectivity index (χ0v) is 44.2. The monoisotopic (exact) mass is 1070 g/mol. The highest BCUT2D eigenvalue weighted by Gasteiger charge is 2.70. The summed E-state index contributed by atoms with van der Waals surface area (Å²) in [6, 6.07) is 0. The maximum absolute atomic E-state index is 14.7. The zero-order chi connectivity index (χ0) is 54.7. The standard InChI is InChI=1S/C53H86O22/c1-48(2)14-16-53(47(67)75-44-39(65)36(62)33(59)26(19-54)69-44)17-15-51(6)23(24(53)18-48)8-9-30-50(5)12-11-31(49(3,4)29(50)10-13-52(30,51)7)72-45-40(66)41(35(61)28(21-56)70-45)73-46-42(37(63)34(60)27(20-55)71-46)74-43-38(64)32(58)25(57)22-68-43/h8,24-46,54-66H,9-22H2,1-7H3/t24-,25+,26+,27+,28+,29-,30+,31-,32-,33+,34-,35+,36-,37-,38+,39+,40+,41-,42+,43-,44-,45-,46-,50-,51+,52+,53-/m0/s1. The summed E-state index contributed by atoms with van der Waals surface area (Å²) in [5.41, 5.74) is -0.954. The van der Waals surface area contributed by atoms with E-state index in [1.165, 1.54) is 5.57 Å². The largest absolute Gasteiger partial charge is 0.432 e. The molecule has 0 spiro atoms. The number of allylic oxidation sites excluding steroid dienone is 2. The Balaban J connectivity index is 0.934. The zero-order valence-electron chi connectivity index (χ0n) is 44.2. The fourth-order valence-electron chi connectivity index (χ4n) is 16.2. The SMILES string of the molecule is CC1(C)CC[C@]2(C(=O)O[C@@H]3O[C@H](CO)[C@@H](O)[C@H](O)[C@H]3O)CC[C@]3(C)C(=CC[C@@H]4[C@@]5(C)CC[C@H](O[C@@H]6O[C@H](CO)[C@@H](O)[C@H](O[C@@H]7O[C@H](CO)[C@H](O)[C@H](O)[C@H]7O[C@@H]7OC[C@@H](O)[C@H](O)[C@H]7O)[C@H]6O)C(C)(C)[C@@H]5CC[C@]43C)[C@@H]2C1. The lowest BCUT2D eigenvalue weighted by molar-refractivity contribution is -0.388. The first-order chi connectivity index (χ1) is 35.1. The van der Waals surface area contributed by atoms with Gasteiger partial charge in [-0.25, -0.2) is 0 Å². The number of ether oxygens (including phenoxy) is 8. The first kappa shape index (κ1) is 58.1. The molecule has 4 heterocycles. The molecule has 27 atom stereocenters. The third-order valence-electron chi connectivity index (χ3n) is 21.0. The lowest BCUT2D eigenvalue weighted by atomic mass is 9.33. The number of carbonyl (C=O) groups excluding carboxylic acids is 1. The Morgan fingerprint density at radius 2 is 1.16 bits per heavy atom. The molecule has 0 bridgehead atoms. The Morgan fingerprint density at radius 1 is 0.573 bits per heavy atom. The van der Waals surface area contributed by atoms with Crippen LogP contribution in [0.15, 0.2) is 11.6 Å². The first-order valence-electron chi connectivity index (χ1n) is 27.2. The average molecular weight is 1080 g/mol. The average Bonchev–Trinajstić information content (AvgIpc) is 3.36. The summed E-state index contributed by atoms with van der Waals surface area (Å²) < 4.78 is 47.7. The van der Waals surface area contributed by atoms with Crippen molar-refractivity contribution in [3.63, 3.8) is 0 Å². The fraction of sp³-hybridized carbons (Fsp3) is 0.943. The molecule has 0 unspecified atom stereocenters. The van der Waals surface area contributed by atoms with Gasteiger partial charge in [0.2, 0.25) is 6.29 Å². The number of carbonyl (C=O) groups is 1.